The zero-order valence-corrected chi connectivity index (χ0v) is 14.9. The molecule has 28 heavy (non-hydrogen) atoms. The Labute approximate surface area is 161 Å². The molecule has 0 radical (unpaired) electrons. The number of hydrogen-bond donors (Lipinski definition) is 2. The van der Waals surface area contributed by atoms with E-state index < -0.39 is 0 Å². The Morgan fingerprint density at radius 3 is 2.50 bits per heavy atom. The summed E-state index contributed by atoms with van der Waals surface area (Å²) in [6.07, 6.45) is 0.694. The molecule has 0 aliphatic rings. The van der Waals surface area contributed by atoms with Crippen LogP contribution in [0, 0.1) is 0 Å². The van der Waals surface area contributed by atoms with Crippen molar-refractivity contribution in [1.82, 2.24) is 9.97 Å². The third-order valence-corrected chi connectivity index (χ3v) is 5.02. The van der Waals surface area contributed by atoms with E-state index in [1.807, 2.05) is 66.7 Å². The number of benzene rings is 4. The van der Waals surface area contributed by atoms with Crippen LogP contribution in [-0.4, -0.2) is 21.4 Å². The highest BCUT2D eigenvalue weighted by molar-refractivity contribution is 6.02. The van der Waals surface area contributed by atoms with Crippen molar-refractivity contribution < 1.29 is 9.90 Å². The van der Waals surface area contributed by atoms with Gasteiger partial charge in [0.2, 0.25) is 0 Å². The van der Waals surface area contributed by atoms with Gasteiger partial charge in [-0.05, 0) is 52.2 Å². The Bertz CT molecular complexity index is 1320. The fourth-order valence-corrected chi connectivity index (χ4v) is 3.58. The molecule has 1 heterocycles. The van der Waals surface area contributed by atoms with Crippen molar-refractivity contribution in [2.24, 2.45) is 0 Å². The van der Waals surface area contributed by atoms with Gasteiger partial charge in [-0.3, -0.25) is 4.79 Å². The number of phenolic OH excluding ortho intramolecular Hbond substituents is 1. The van der Waals surface area contributed by atoms with Crippen molar-refractivity contribution in [1.29, 1.82) is 0 Å². The van der Waals surface area contributed by atoms with E-state index >= 15 is 0 Å². The number of aromatic nitrogens is 2. The molecule has 4 nitrogen and oxygen atoms in total. The number of H-pyrrole nitrogens is 1. The predicted molar refractivity (Wildman–Crippen MR) is 112 cm³/mol. The first-order chi connectivity index (χ1) is 13.7. The number of aromatic amines is 1. The molecule has 134 valence electrons. The van der Waals surface area contributed by atoms with Gasteiger partial charge in [0.1, 0.15) is 11.6 Å². The van der Waals surface area contributed by atoms with Crippen LogP contribution in [0.4, 0.5) is 0 Å². The van der Waals surface area contributed by atoms with Crippen molar-refractivity contribution in [3.63, 3.8) is 0 Å². The number of aromatic hydroxyl groups is 1. The Morgan fingerprint density at radius 2 is 1.64 bits per heavy atom. The van der Waals surface area contributed by atoms with Crippen LogP contribution in [0.1, 0.15) is 10.4 Å². The maximum Gasteiger partial charge on any atom is 0.154 e. The van der Waals surface area contributed by atoms with Crippen molar-refractivity contribution in [3.8, 4) is 28.3 Å². The SMILES string of the molecule is O=Cc1c(O)ccc2cc(-c3cccc(-c4nc5ccccc5[nH]4)c3)ccc12. The summed E-state index contributed by atoms with van der Waals surface area (Å²) < 4.78 is 0. The molecule has 0 bridgehead atoms. The second-order valence-corrected chi connectivity index (χ2v) is 6.74. The summed E-state index contributed by atoms with van der Waals surface area (Å²) in [4.78, 5) is 19.3. The van der Waals surface area contributed by atoms with Crippen LogP contribution in [0.3, 0.4) is 0 Å². The molecule has 5 rings (SSSR count). The van der Waals surface area contributed by atoms with Crippen molar-refractivity contribution in [2.75, 3.05) is 0 Å². The second-order valence-electron chi connectivity index (χ2n) is 6.74. The molecule has 1 aromatic heterocycles. The minimum absolute atomic E-state index is 0.00197. The first-order valence-electron chi connectivity index (χ1n) is 8.99. The molecular formula is C24H16N2O2. The molecule has 4 heteroatoms. The highest BCUT2D eigenvalue weighted by Crippen LogP contribution is 2.31. The lowest BCUT2D eigenvalue weighted by Crippen LogP contribution is -1.87. The molecule has 5 aromatic rings. The molecule has 0 unspecified atom stereocenters. The number of fused-ring (bicyclic) bond motifs is 2. The summed E-state index contributed by atoms with van der Waals surface area (Å²) in [5, 5.41) is 11.5. The molecule has 0 fully saturated rings. The highest BCUT2D eigenvalue weighted by atomic mass is 16.3. The molecule has 0 amide bonds. The normalized spacial score (nSPS) is 11.1. The number of imidazole rings is 1. The van der Waals surface area contributed by atoms with Crippen LogP contribution in [-0.2, 0) is 0 Å². The molecule has 0 aliphatic heterocycles. The van der Waals surface area contributed by atoms with Crippen molar-refractivity contribution in [3.05, 3.63) is 84.4 Å². The third-order valence-electron chi connectivity index (χ3n) is 5.02. The lowest BCUT2D eigenvalue weighted by molar-refractivity contribution is 0.112. The van der Waals surface area contributed by atoms with Gasteiger partial charge >= 0.3 is 0 Å². The molecule has 4 aromatic carbocycles. The quantitative estimate of drug-likeness (QED) is 0.411. The number of phenols is 1. The van der Waals surface area contributed by atoms with Crippen molar-refractivity contribution >= 4 is 28.1 Å². The summed E-state index contributed by atoms with van der Waals surface area (Å²) in [6, 6.07) is 25.4. The Balaban J connectivity index is 1.61. The molecule has 0 saturated heterocycles. The average molecular weight is 364 g/mol. The monoisotopic (exact) mass is 364 g/mol. The van der Waals surface area contributed by atoms with E-state index in [4.69, 9.17) is 0 Å². The summed E-state index contributed by atoms with van der Waals surface area (Å²) >= 11 is 0. The van der Waals surface area contributed by atoms with E-state index in [1.54, 1.807) is 6.07 Å². The first-order valence-corrected chi connectivity index (χ1v) is 8.99. The van der Waals surface area contributed by atoms with Crippen molar-refractivity contribution in [2.45, 2.75) is 0 Å². The number of hydrogen-bond acceptors (Lipinski definition) is 3. The molecule has 0 spiro atoms. The van der Waals surface area contributed by atoms with Gasteiger partial charge in [0, 0.05) is 5.56 Å². The van der Waals surface area contributed by atoms with Gasteiger partial charge in [0.15, 0.2) is 6.29 Å². The largest absolute Gasteiger partial charge is 0.507 e. The van der Waals surface area contributed by atoms with E-state index in [2.05, 4.69) is 16.0 Å². The van der Waals surface area contributed by atoms with Gasteiger partial charge in [-0.2, -0.15) is 0 Å². The molecule has 2 N–H and O–H groups in total. The topological polar surface area (TPSA) is 66.0 Å². The van der Waals surface area contributed by atoms with E-state index in [-0.39, 0.29) is 5.75 Å². The molecule has 0 aliphatic carbocycles. The maximum atomic E-state index is 11.3. The van der Waals surface area contributed by atoms with Gasteiger partial charge < -0.3 is 10.1 Å². The molecule has 0 saturated carbocycles. The molecular weight excluding hydrogens is 348 g/mol. The van der Waals surface area contributed by atoms with Gasteiger partial charge in [0.05, 0.1) is 16.6 Å². The fourth-order valence-electron chi connectivity index (χ4n) is 3.58. The summed E-state index contributed by atoms with van der Waals surface area (Å²) in [5.74, 6) is 0.833. The molecule has 0 atom stereocenters. The zero-order chi connectivity index (χ0) is 19.1. The summed E-state index contributed by atoms with van der Waals surface area (Å²) in [6.45, 7) is 0. The number of aldehydes is 1. The van der Waals surface area contributed by atoms with Crippen LogP contribution in [0.25, 0.3) is 44.3 Å². The van der Waals surface area contributed by atoms with Crippen LogP contribution in [0.15, 0.2) is 78.9 Å². The number of nitrogens with one attached hydrogen (secondary N) is 1. The number of carbonyl (C=O) groups excluding carboxylic acids is 1. The first kappa shape index (κ1) is 16.3. The predicted octanol–water partition coefficient (Wildman–Crippen LogP) is 5.57. The van der Waals surface area contributed by atoms with Gasteiger partial charge in [0.25, 0.3) is 0 Å². The van der Waals surface area contributed by atoms with Gasteiger partial charge in [-0.25, -0.2) is 4.98 Å². The fraction of sp³-hybridized carbons (Fsp3) is 0. The minimum atomic E-state index is 0.00197. The number of nitrogens with zero attached hydrogens (tertiary/aromatic N) is 1. The average Bonchev–Trinajstić information content (AvgIpc) is 3.18. The van der Waals surface area contributed by atoms with Crippen LogP contribution in [0.2, 0.25) is 0 Å². The summed E-state index contributed by atoms with van der Waals surface area (Å²) in [5.41, 5.74) is 5.37. The standard InChI is InChI=1S/C24H16N2O2/c27-14-20-19-10-8-16(12-17(19)9-11-23(20)28)15-4-3-5-18(13-15)24-25-21-6-1-2-7-22(21)26-24/h1-14,28H,(H,25,26). The van der Waals surface area contributed by atoms with E-state index in [0.717, 1.165) is 44.3 Å². The van der Waals surface area contributed by atoms with Crippen LogP contribution < -0.4 is 0 Å². The Hall–Kier alpha value is -3.92. The number of rotatable bonds is 3. The van der Waals surface area contributed by atoms with E-state index in [1.165, 1.54) is 0 Å². The smallest absolute Gasteiger partial charge is 0.154 e. The van der Waals surface area contributed by atoms with Crippen LogP contribution >= 0.6 is 0 Å². The lowest BCUT2D eigenvalue weighted by atomic mass is 9.97. The lowest BCUT2D eigenvalue weighted by Gasteiger charge is -2.08. The van der Waals surface area contributed by atoms with Gasteiger partial charge in [-0.1, -0.05) is 48.5 Å². The summed E-state index contributed by atoms with van der Waals surface area (Å²) in [7, 11) is 0. The second kappa shape index (κ2) is 6.35. The zero-order valence-electron chi connectivity index (χ0n) is 14.9. The minimum Gasteiger partial charge on any atom is -0.507 e. The highest BCUT2D eigenvalue weighted by Gasteiger charge is 2.09. The van der Waals surface area contributed by atoms with E-state index in [9.17, 15) is 9.90 Å². The Morgan fingerprint density at radius 1 is 0.821 bits per heavy atom. The van der Waals surface area contributed by atoms with Gasteiger partial charge in [-0.15, -0.1) is 0 Å². The third kappa shape index (κ3) is 2.63. The van der Waals surface area contributed by atoms with Crippen LogP contribution in [0.5, 0.6) is 5.75 Å². The maximum absolute atomic E-state index is 11.3. The number of carbonyl (C=O) groups is 1. The Kier molecular flexibility index (Phi) is 3.69. The number of para-hydroxylation sites is 2. The van der Waals surface area contributed by atoms with E-state index in [0.29, 0.717) is 11.8 Å².